The highest BCUT2D eigenvalue weighted by Crippen LogP contribution is 2.23. The number of nitrogens with one attached hydrogen (secondary N) is 2. The van der Waals surface area contributed by atoms with Crippen molar-refractivity contribution in [3.8, 4) is 5.75 Å². The molecular weight excluding hydrogens is 402 g/mol. The monoisotopic (exact) mass is 425 g/mol. The Balaban J connectivity index is 1.96. The van der Waals surface area contributed by atoms with E-state index >= 15 is 0 Å². The van der Waals surface area contributed by atoms with Gasteiger partial charge >= 0.3 is 0 Å². The van der Waals surface area contributed by atoms with Gasteiger partial charge in [-0.3, -0.25) is 14.8 Å². The largest absolute Gasteiger partial charge is 0.497 e. The van der Waals surface area contributed by atoms with Crippen molar-refractivity contribution in [2.24, 2.45) is 0 Å². The number of amides is 2. The Kier molecular flexibility index (Phi) is 6.98. The van der Waals surface area contributed by atoms with Gasteiger partial charge in [-0.05, 0) is 44.0 Å². The van der Waals surface area contributed by atoms with E-state index in [4.69, 9.17) is 14.5 Å². The van der Waals surface area contributed by atoms with E-state index in [9.17, 15) is 18.0 Å². The summed E-state index contributed by atoms with van der Waals surface area (Å²) < 4.78 is 32.3. The average Bonchev–Trinajstić information content (AvgIpc) is 3.16. The molecule has 0 bridgehead atoms. The number of carbonyl (C=O) groups excluding carboxylic acids is 2. The molecule has 1 aromatic carbocycles. The minimum Gasteiger partial charge on any atom is -0.497 e. The molecule has 1 atom stereocenters. The molecular formula is C18H23N3O7S. The predicted molar refractivity (Wildman–Crippen MR) is 102 cm³/mol. The molecule has 10 nitrogen and oxygen atoms in total. The molecule has 1 heterocycles. The molecule has 0 aliphatic rings. The number of hydrogen-bond acceptors (Lipinski definition) is 8. The highest BCUT2D eigenvalue weighted by atomic mass is 32.2. The molecule has 1 unspecified atom stereocenters. The van der Waals surface area contributed by atoms with Gasteiger partial charge in [0.15, 0.2) is 15.6 Å². The van der Waals surface area contributed by atoms with Gasteiger partial charge in [0.2, 0.25) is 0 Å². The lowest BCUT2D eigenvalue weighted by atomic mass is 10.0. The number of aromatic nitrogens is 1. The Bertz CT molecular complexity index is 970. The molecule has 0 aliphatic carbocycles. The first-order valence-electron chi connectivity index (χ1n) is 8.61. The molecule has 2 aromatic rings. The third kappa shape index (κ3) is 5.33. The van der Waals surface area contributed by atoms with Crippen LogP contribution < -0.4 is 15.5 Å². The lowest BCUT2D eigenvalue weighted by Gasteiger charge is -2.24. The van der Waals surface area contributed by atoms with Crippen molar-refractivity contribution in [3.63, 3.8) is 0 Å². The number of rotatable bonds is 9. The highest BCUT2D eigenvalue weighted by molar-refractivity contribution is 7.92. The van der Waals surface area contributed by atoms with Crippen molar-refractivity contribution in [2.45, 2.75) is 31.1 Å². The molecule has 0 fully saturated rings. The van der Waals surface area contributed by atoms with Crippen LogP contribution in [-0.4, -0.2) is 48.7 Å². The zero-order valence-corrected chi connectivity index (χ0v) is 17.1. The van der Waals surface area contributed by atoms with Gasteiger partial charge in [0.25, 0.3) is 11.8 Å². The van der Waals surface area contributed by atoms with Crippen molar-refractivity contribution in [2.75, 3.05) is 13.4 Å². The summed E-state index contributed by atoms with van der Waals surface area (Å²) in [6.45, 7) is 1.31. The van der Waals surface area contributed by atoms with Gasteiger partial charge in [-0.2, -0.15) is 0 Å². The van der Waals surface area contributed by atoms with Gasteiger partial charge in [0.05, 0.1) is 19.3 Å². The molecule has 1 aromatic heterocycles. The summed E-state index contributed by atoms with van der Waals surface area (Å²) in [6, 6.07) is 8.15. The van der Waals surface area contributed by atoms with Gasteiger partial charge in [0, 0.05) is 17.9 Å². The van der Waals surface area contributed by atoms with Crippen LogP contribution in [0.1, 0.15) is 35.2 Å². The number of ether oxygens (including phenoxy) is 1. The smallest absolute Gasteiger partial charge is 0.264 e. The van der Waals surface area contributed by atoms with Crippen LogP contribution in [0.4, 0.5) is 0 Å². The third-order valence-electron chi connectivity index (χ3n) is 4.64. The van der Waals surface area contributed by atoms with Crippen LogP contribution in [0.25, 0.3) is 0 Å². The second-order valence-electron chi connectivity index (χ2n) is 6.64. The van der Waals surface area contributed by atoms with E-state index in [1.807, 2.05) is 0 Å². The number of carbonyl (C=O) groups is 2. The summed E-state index contributed by atoms with van der Waals surface area (Å²) >= 11 is 0. The lowest BCUT2D eigenvalue weighted by Crippen LogP contribution is -2.49. The Morgan fingerprint density at radius 3 is 2.48 bits per heavy atom. The summed E-state index contributed by atoms with van der Waals surface area (Å²) in [7, 11) is -2.26. The summed E-state index contributed by atoms with van der Waals surface area (Å²) in [4.78, 5) is 24.0. The quantitative estimate of drug-likeness (QED) is 0.396. The van der Waals surface area contributed by atoms with Crippen LogP contribution in [0.15, 0.2) is 34.9 Å². The Hall–Kier alpha value is -2.92. The predicted octanol–water partition coefficient (Wildman–Crippen LogP) is 0.855. The second-order valence-corrected chi connectivity index (χ2v) is 9.09. The lowest BCUT2D eigenvalue weighted by molar-refractivity contribution is -0.131. The average molecular weight is 425 g/mol. The molecule has 3 N–H and O–H groups in total. The summed E-state index contributed by atoms with van der Waals surface area (Å²) in [5.74, 6) is -0.322. The molecule has 0 radical (unpaired) electrons. The Morgan fingerprint density at radius 2 is 1.93 bits per heavy atom. The minimum atomic E-state index is -3.79. The van der Waals surface area contributed by atoms with E-state index in [2.05, 4.69) is 10.5 Å². The zero-order valence-electron chi connectivity index (χ0n) is 16.3. The van der Waals surface area contributed by atoms with E-state index in [0.717, 1.165) is 6.26 Å². The zero-order chi connectivity index (χ0) is 21.7. The van der Waals surface area contributed by atoms with Crippen LogP contribution in [0, 0.1) is 0 Å². The number of nitrogens with zero attached hydrogens (tertiary/aromatic N) is 1. The second kappa shape index (κ2) is 9.05. The van der Waals surface area contributed by atoms with Crippen LogP contribution in [0.5, 0.6) is 5.75 Å². The first kappa shape index (κ1) is 22.4. The molecule has 11 heteroatoms. The molecule has 0 saturated heterocycles. The maximum absolute atomic E-state index is 12.2. The number of methoxy groups -OCH3 is 1. The van der Waals surface area contributed by atoms with Crippen LogP contribution in [-0.2, 0) is 27.6 Å². The van der Waals surface area contributed by atoms with Crippen molar-refractivity contribution in [3.05, 3.63) is 47.3 Å². The SMILES string of the molecule is COc1ccc(C(=O)NCc2cc(CCC(C)(C(=O)NO)S(C)(=O)=O)no2)cc1. The topological polar surface area (TPSA) is 148 Å². The fraction of sp³-hybridized carbons (Fsp3) is 0.389. The third-order valence-corrected chi connectivity index (χ3v) is 6.67. The number of hydrogen-bond donors (Lipinski definition) is 3. The van der Waals surface area contributed by atoms with Crippen LogP contribution in [0.2, 0.25) is 0 Å². The Labute approximate surface area is 168 Å². The number of benzene rings is 1. The normalized spacial score (nSPS) is 13.4. The molecule has 0 aliphatic heterocycles. The minimum absolute atomic E-state index is 0.0817. The van der Waals surface area contributed by atoms with Crippen LogP contribution in [0.3, 0.4) is 0 Å². The molecule has 158 valence electrons. The van der Waals surface area contributed by atoms with Crippen LogP contribution >= 0.6 is 0 Å². The molecule has 0 spiro atoms. The Morgan fingerprint density at radius 1 is 1.28 bits per heavy atom. The fourth-order valence-electron chi connectivity index (χ4n) is 2.52. The standard InChI is InChI=1S/C18H23N3O7S/c1-18(17(23)20-24,29(3,25)26)9-8-13-10-15(28-21-13)11-19-16(22)12-4-6-14(27-2)7-5-12/h4-7,10,24H,8-9,11H2,1-3H3,(H,19,22)(H,20,23). The summed E-state index contributed by atoms with van der Waals surface area (Å²) in [5, 5.41) is 15.3. The summed E-state index contributed by atoms with van der Waals surface area (Å²) in [5.41, 5.74) is 2.26. The van der Waals surface area contributed by atoms with E-state index in [-0.39, 0.29) is 25.3 Å². The van der Waals surface area contributed by atoms with Crippen molar-refractivity contribution >= 4 is 21.7 Å². The fourth-order valence-corrected chi connectivity index (χ4v) is 3.38. The van der Waals surface area contributed by atoms with Gasteiger partial charge in [0.1, 0.15) is 10.5 Å². The van der Waals surface area contributed by atoms with Gasteiger partial charge in [-0.1, -0.05) is 5.16 Å². The van der Waals surface area contributed by atoms with E-state index in [1.54, 1.807) is 30.3 Å². The molecule has 2 amide bonds. The van der Waals surface area contributed by atoms with Crippen molar-refractivity contribution in [1.82, 2.24) is 16.0 Å². The maximum Gasteiger partial charge on any atom is 0.264 e. The molecule has 29 heavy (non-hydrogen) atoms. The first-order valence-corrected chi connectivity index (χ1v) is 10.5. The van der Waals surface area contributed by atoms with Crippen molar-refractivity contribution < 1.29 is 32.5 Å². The van der Waals surface area contributed by atoms with Gasteiger partial charge < -0.3 is 14.6 Å². The highest BCUT2D eigenvalue weighted by Gasteiger charge is 2.43. The van der Waals surface area contributed by atoms with E-state index in [1.165, 1.54) is 19.5 Å². The summed E-state index contributed by atoms with van der Waals surface area (Å²) in [6.07, 6.45) is 0.931. The number of aryl methyl sites for hydroxylation is 1. The number of hydroxylamine groups is 1. The van der Waals surface area contributed by atoms with Gasteiger partial charge in [-0.15, -0.1) is 0 Å². The first-order chi connectivity index (χ1) is 13.6. The van der Waals surface area contributed by atoms with E-state index in [0.29, 0.717) is 22.8 Å². The van der Waals surface area contributed by atoms with Gasteiger partial charge in [-0.25, -0.2) is 13.9 Å². The molecule has 2 rings (SSSR count). The van der Waals surface area contributed by atoms with E-state index < -0.39 is 20.5 Å². The number of sulfone groups is 1. The maximum atomic E-state index is 12.2. The van der Waals surface area contributed by atoms with Crippen molar-refractivity contribution in [1.29, 1.82) is 0 Å². The molecule has 0 saturated carbocycles.